The highest BCUT2D eigenvalue weighted by Gasteiger charge is 2.10. The molecule has 1 aliphatic heterocycles. The molecular weight excluding hydrogens is 312 g/mol. The number of halogens is 1. The predicted octanol–water partition coefficient (Wildman–Crippen LogP) is 0.641. The van der Waals surface area contributed by atoms with Crippen molar-refractivity contribution in [2.45, 2.75) is 6.42 Å². The smallest absolute Gasteiger partial charge is 0.328 e. The molecule has 1 saturated heterocycles. The third-order valence-corrected chi connectivity index (χ3v) is 2.85. The average molecular weight is 329 g/mol. The highest BCUT2D eigenvalue weighted by atomic mass is 35.5. The van der Waals surface area contributed by atoms with Crippen molar-refractivity contribution in [3.63, 3.8) is 0 Å². The quantitative estimate of drug-likeness (QED) is 0.692. The maximum atomic E-state index is 9.55. The summed E-state index contributed by atoms with van der Waals surface area (Å²) in [6.45, 7) is 4.10. The van der Waals surface area contributed by atoms with Gasteiger partial charge in [-0.15, -0.1) is 10.2 Å². The topological polar surface area (TPSA) is 116 Å². The van der Waals surface area contributed by atoms with Gasteiger partial charge in [-0.25, -0.2) is 9.59 Å². The minimum Gasteiger partial charge on any atom is -0.478 e. The van der Waals surface area contributed by atoms with E-state index in [-0.39, 0.29) is 0 Å². The summed E-state index contributed by atoms with van der Waals surface area (Å²) in [5, 5.41) is 27.3. The fraction of sp³-hybridized carbons (Fsp3) is 0.385. The summed E-state index contributed by atoms with van der Waals surface area (Å²) in [7, 11) is 0. The first-order valence-corrected chi connectivity index (χ1v) is 6.95. The summed E-state index contributed by atoms with van der Waals surface area (Å²) in [6, 6.07) is 3.70. The van der Waals surface area contributed by atoms with Crippen molar-refractivity contribution in [2.24, 2.45) is 0 Å². The fourth-order valence-electron chi connectivity index (χ4n) is 1.70. The van der Waals surface area contributed by atoms with Crippen molar-refractivity contribution < 1.29 is 19.8 Å². The molecule has 8 nitrogen and oxygen atoms in total. The maximum absolute atomic E-state index is 9.55. The second-order valence-electron chi connectivity index (χ2n) is 4.31. The third-order valence-electron chi connectivity index (χ3n) is 2.65. The molecule has 0 spiro atoms. The first kappa shape index (κ1) is 17.9. The van der Waals surface area contributed by atoms with Crippen LogP contribution in [-0.2, 0) is 9.59 Å². The molecule has 1 aliphatic rings. The van der Waals surface area contributed by atoms with Gasteiger partial charge in [0, 0.05) is 31.8 Å². The van der Waals surface area contributed by atoms with Crippen molar-refractivity contribution in [1.82, 2.24) is 15.5 Å². The molecule has 2 rings (SSSR count). The van der Waals surface area contributed by atoms with Crippen LogP contribution in [0.3, 0.4) is 0 Å². The number of anilines is 1. The van der Waals surface area contributed by atoms with Crippen molar-refractivity contribution in [3.8, 4) is 0 Å². The highest BCUT2D eigenvalue weighted by Crippen LogP contribution is 2.12. The zero-order chi connectivity index (χ0) is 16.4. The molecule has 1 aromatic rings. The lowest BCUT2D eigenvalue weighted by Crippen LogP contribution is -2.28. The molecule has 0 radical (unpaired) electrons. The Hall–Kier alpha value is -2.19. The lowest BCUT2D eigenvalue weighted by molar-refractivity contribution is -0.134. The van der Waals surface area contributed by atoms with Gasteiger partial charge >= 0.3 is 11.9 Å². The second-order valence-corrected chi connectivity index (χ2v) is 4.70. The number of aromatic nitrogens is 2. The third kappa shape index (κ3) is 7.55. The zero-order valence-corrected chi connectivity index (χ0v) is 12.5. The van der Waals surface area contributed by atoms with E-state index in [1.54, 1.807) is 6.07 Å². The van der Waals surface area contributed by atoms with Crippen LogP contribution in [0.25, 0.3) is 0 Å². The molecule has 0 unspecified atom stereocenters. The van der Waals surface area contributed by atoms with Crippen LogP contribution in [0.2, 0.25) is 5.15 Å². The van der Waals surface area contributed by atoms with E-state index in [1.807, 2.05) is 6.07 Å². The van der Waals surface area contributed by atoms with Crippen LogP contribution in [0.5, 0.6) is 0 Å². The van der Waals surface area contributed by atoms with E-state index in [1.165, 1.54) is 0 Å². The minimum atomic E-state index is -1.26. The largest absolute Gasteiger partial charge is 0.478 e. The molecule has 0 aliphatic carbocycles. The number of hydrogen-bond acceptors (Lipinski definition) is 6. The molecule has 0 amide bonds. The van der Waals surface area contributed by atoms with Crippen molar-refractivity contribution in [2.75, 3.05) is 31.1 Å². The molecule has 0 saturated carbocycles. The van der Waals surface area contributed by atoms with Gasteiger partial charge < -0.3 is 20.4 Å². The van der Waals surface area contributed by atoms with Crippen LogP contribution in [0.4, 0.5) is 5.82 Å². The number of rotatable bonds is 3. The highest BCUT2D eigenvalue weighted by molar-refractivity contribution is 6.29. The zero-order valence-electron chi connectivity index (χ0n) is 11.8. The summed E-state index contributed by atoms with van der Waals surface area (Å²) in [6.07, 6.45) is 2.26. The van der Waals surface area contributed by atoms with E-state index < -0.39 is 11.9 Å². The van der Waals surface area contributed by atoms with Gasteiger partial charge in [0.1, 0.15) is 0 Å². The van der Waals surface area contributed by atoms with Gasteiger partial charge in [0.25, 0.3) is 0 Å². The molecule has 22 heavy (non-hydrogen) atoms. The van der Waals surface area contributed by atoms with E-state index in [0.29, 0.717) is 17.3 Å². The number of carboxylic acid groups (broad SMARTS) is 2. The first-order chi connectivity index (χ1) is 10.5. The Bertz CT molecular complexity index is 497. The van der Waals surface area contributed by atoms with Gasteiger partial charge in [-0.1, -0.05) is 11.6 Å². The Morgan fingerprint density at radius 1 is 1.14 bits per heavy atom. The normalized spacial score (nSPS) is 14.9. The van der Waals surface area contributed by atoms with Crippen LogP contribution in [0, 0.1) is 0 Å². The Balaban J connectivity index is 0.000000261. The lowest BCUT2D eigenvalue weighted by atomic mass is 10.4. The molecule has 0 aromatic carbocycles. The second kappa shape index (κ2) is 9.69. The monoisotopic (exact) mass is 328 g/mol. The SMILES string of the molecule is Clc1ccc(N2CCCNCC2)nn1.O=C(O)/C=C/C(=O)O. The van der Waals surface area contributed by atoms with Gasteiger partial charge in [0.15, 0.2) is 11.0 Å². The molecule has 1 fully saturated rings. The van der Waals surface area contributed by atoms with E-state index in [4.69, 9.17) is 21.8 Å². The van der Waals surface area contributed by atoms with Crippen LogP contribution < -0.4 is 10.2 Å². The van der Waals surface area contributed by atoms with Gasteiger partial charge in [0.2, 0.25) is 0 Å². The number of carboxylic acids is 2. The van der Waals surface area contributed by atoms with Crippen LogP contribution >= 0.6 is 11.6 Å². The number of carbonyl (C=O) groups is 2. The standard InChI is InChI=1S/C9H13ClN4.C4H4O4/c10-8-2-3-9(13-12-8)14-6-1-4-11-5-7-14;5-3(6)1-2-4(7)8/h2-3,11H,1,4-7H2;1-2H,(H,5,6)(H,7,8)/b;2-1+. The number of hydrogen-bond donors (Lipinski definition) is 3. The maximum Gasteiger partial charge on any atom is 0.328 e. The lowest BCUT2D eigenvalue weighted by Gasteiger charge is -2.19. The molecule has 120 valence electrons. The van der Waals surface area contributed by atoms with Gasteiger partial charge in [0.05, 0.1) is 0 Å². The van der Waals surface area contributed by atoms with Crippen LogP contribution in [-0.4, -0.2) is 58.5 Å². The number of nitrogens with one attached hydrogen (secondary N) is 1. The summed E-state index contributed by atoms with van der Waals surface area (Å²) >= 11 is 5.68. The molecule has 9 heteroatoms. The summed E-state index contributed by atoms with van der Waals surface area (Å²) in [4.78, 5) is 21.3. The molecular formula is C13H17ClN4O4. The summed E-state index contributed by atoms with van der Waals surface area (Å²) in [5.74, 6) is -1.60. The van der Waals surface area contributed by atoms with Crippen molar-refractivity contribution >= 4 is 29.4 Å². The van der Waals surface area contributed by atoms with Crippen LogP contribution in [0.1, 0.15) is 6.42 Å². The van der Waals surface area contributed by atoms with E-state index in [2.05, 4.69) is 20.4 Å². The van der Waals surface area contributed by atoms with Crippen molar-refractivity contribution in [1.29, 1.82) is 0 Å². The van der Waals surface area contributed by atoms with Gasteiger partial charge in [-0.3, -0.25) is 0 Å². The number of nitrogens with zero attached hydrogens (tertiary/aromatic N) is 3. The van der Waals surface area contributed by atoms with E-state index in [9.17, 15) is 9.59 Å². The molecule has 2 heterocycles. The Morgan fingerprint density at radius 2 is 1.82 bits per heavy atom. The Kier molecular flexibility index (Phi) is 7.87. The van der Waals surface area contributed by atoms with Crippen LogP contribution in [0.15, 0.2) is 24.3 Å². The van der Waals surface area contributed by atoms with Gasteiger partial charge in [-0.05, 0) is 25.1 Å². The molecule has 0 atom stereocenters. The van der Waals surface area contributed by atoms with Gasteiger partial charge in [-0.2, -0.15) is 0 Å². The predicted molar refractivity (Wildman–Crippen MR) is 81.2 cm³/mol. The summed E-state index contributed by atoms with van der Waals surface area (Å²) in [5.41, 5.74) is 0. The van der Waals surface area contributed by atoms with E-state index in [0.717, 1.165) is 38.4 Å². The Labute approximate surface area is 132 Å². The molecule has 1 aromatic heterocycles. The average Bonchev–Trinajstić information content (AvgIpc) is 2.76. The first-order valence-electron chi connectivity index (χ1n) is 6.58. The van der Waals surface area contributed by atoms with Crippen molar-refractivity contribution in [3.05, 3.63) is 29.4 Å². The Morgan fingerprint density at radius 3 is 2.36 bits per heavy atom. The molecule has 0 bridgehead atoms. The molecule has 3 N–H and O–H groups in total. The summed E-state index contributed by atoms with van der Waals surface area (Å²) < 4.78 is 0. The minimum absolute atomic E-state index is 0.446. The number of aliphatic carboxylic acids is 2. The fourth-order valence-corrected chi connectivity index (χ4v) is 1.80. The van der Waals surface area contributed by atoms with E-state index >= 15 is 0 Å².